The summed E-state index contributed by atoms with van der Waals surface area (Å²) in [6, 6.07) is 0. The highest BCUT2D eigenvalue weighted by atomic mass is 32.2. The number of allylic oxidation sites excluding steroid dienone is 6. The highest BCUT2D eigenvalue weighted by Gasteiger charge is 2.46. The Bertz CT molecular complexity index is 826. The summed E-state index contributed by atoms with van der Waals surface area (Å²) in [7, 11) is -1.85. The monoisotopic (exact) mass is 566 g/mol. The quantitative estimate of drug-likeness (QED) is 0.0850. The van der Waals surface area contributed by atoms with Crippen LogP contribution in [0.4, 0.5) is 0 Å². The largest absolute Gasteiger partial charge is 0.547 e. The maximum Gasteiger partial charge on any atom is 0.250 e. The summed E-state index contributed by atoms with van der Waals surface area (Å²) in [5.41, 5.74) is 4.61. The minimum Gasteiger partial charge on any atom is -0.547 e. The van der Waals surface area contributed by atoms with Crippen molar-refractivity contribution < 1.29 is 9.16 Å². The lowest BCUT2D eigenvalue weighted by Crippen LogP contribution is -2.40. The van der Waals surface area contributed by atoms with Crippen LogP contribution in [-0.2, 0) is 9.16 Å². The molecule has 214 valence electrons. The van der Waals surface area contributed by atoms with E-state index >= 15 is 0 Å². The second kappa shape index (κ2) is 14.0. The molecule has 2 aliphatic heterocycles. The molecule has 37 heavy (non-hydrogen) atoms. The molecule has 2 nitrogen and oxygen atoms in total. The molecule has 2 aliphatic rings. The van der Waals surface area contributed by atoms with E-state index in [9.17, 15) is 0 Å². The molecule has 0 amide bonds. The zero-order chi connectivity index (χ0) is 27.9. The minimum atomic E-state index is -1.85. The van der Waals surface area contributed by atoms with Crippen LogP contribution in [0.1, 0.15) is 120 Å². The van der Waals surface area contributed by atoms with Crippen LogP contribution in [0.25, 0.3) is 0 Å². The van der Waals surface area contributed by atoms with Gasteiger partial charge in [-0.1, -0.05) is 44.1 Å². The van der Waals surface area contributed by atoms with Gasteiger partial charge in [0.2, 0.25) is 8.32 Å². The number of ether oxygens (including phenoxy) is 1. The lowest BCUT2D eigenvalue weighted by atomic mass is 10.0. The standard InChI is InChI=1S/C32H58O2S2Si/c1-25(15-12-16-26(2)20-21-29-31(7,8)33-29)17-13-19-28(34-37(10,11)30(4,5)6)27(3)18-14-22-32(9)35-23-24-36-32/h16-17,29H,12-15,18-24H2,1-11H3/b25-17+,26-16+,28-27-/t29-/m0/s1. The van der Waals surface area contributed by atoms with Gasteiger partial charge >= 0.3 is 0 Å². The molecular weight excluding hydrogens is 509 g/mol. The van der Waals surface area contributed by atoms with E-state index < -0.39 is 8.32 Å². The molecule has 0 aromatic carbocycles. The summed E-state index contributed by atoms with van der Waals surface area (Å²) in [5, 5.41) is 0.223. The van der Waals surface area contributed by atoms with Gasteiger partial charge in [-0.3, -0.25) is 0 Å². The first-order chi connectivity index (χ1) is 17.0. The molecule has 0 radical (unpaired) electrons. The Hall–Kier alpha value is -0.103. The zero-order valence-electron chi connectivity index (χ0n) is 26.1. The van der Waals surface area contributed by atoms with Gasteiger partial charge in [-0.15, -0.1) is 23.5 Å². The van der Waals surface area contributed by atoms with Crippen molar-refractivity contribution in [1.82, 2.24) is 0 Å². The van der Waals surface area contributed by atoms with Crippen molar-refractivity contribution in [3.63, 3.8) is 0 Å². The van der Waals surface area contributed by atoms with E-state index in [-0.39, 0.29) is 10.6 Å². The van der Waals surface area contributed by atoms with Crippen LogP contribution in [0.15, 0.2) is 34.6 Å². The number of hydrogen-bond acceptors (Lipinski definition) is 4. The van der Waals surface area contributed by atoms with Crippen molar-refractivity contribution >= 4 is 31.8 Å². The first kappa shape index (κ1) is 33.1. The van der Waals surface area contributed by atoms with Crippen LogP contribution in [-0.4, -0.2) is 35.6 Å². The minimum absolute atomic E-state index is 0.117. The molecule has 0 bridgehead atoms. The van der Waals surface area contributed by atoms with Crippen LogP contribution in [0.3, 0.4) is 0 Å². The molecular formula is C32H58O2S2Si. The van der Waals surface area contributed by atoms with Gasteiger partial charge in [0.25, 0.3) is 0 Å². The topological polar surface area (TPSA) is 21.8 Å². The van der Waals surface area contributed by atoms with E-state index in [0.29, 0.717) is 10.2 Å². The molecule has 2 heterocycles. The predicted octanol–water partition coefficient (Wildman–Crippen LogP) is 11.1. The van der Waals surface area contributed by atoms with Crippen LogP contribution in [0, 0.1) is 0 Å². The fraction of sp³-hybridized carbons (Fsp3) is 0.812. The third kappa shape index (κ3) is 11.5. The van der Waals surface area contributed by atoms with E-state index in [1.807, 2.05) is 0 Å². The predicted molar refractivity (Wildman–Crippen MR) is 172 cm³/mol. The van der Waals surface area contributed by atoms with Gasteiger partial charge in [0.1, 0.15) is 0 Å². The number of epoxide rings is 1. The summed E-state index contributed by atoms with van der Waals surface area (Å²) < 4.78 is 13.1. The highest BCUT2D eigenvalue weighted by molar-refractivity contribution is 8.21. The molecule has 1 atom stereocenters. The van der Waals surface area contributed by atoms with Gasteiger partial charge in [0.05, 0.1) is 21.5 Å². The number of thioether (sulfide) groups is 2. The van der Waals surface area contributed by atoms with E-state index in [0.717, 1.165) is 44.9 Å². The molecule has 0 aliphatic carbocycles. The normalized spacial score (nSPS) is 22.7. The van der Waals surface area contributed by atoms with E-state index in [2.05, 4.69) is 111 Å². The van der Waals surface area contributed by atoms with Gasteiger partial charge in [-0.05, 0) is 117 Å². The van der Waals surface area contributed by atoms with Gasteiger partial charge < -0.3 is 9.16 Å². The second-order valence-electron chi connectivity index (χ2n) is 13.7. The van der Waals surface area contributed by atoms with E-state index in [4.69, 9.17) is 9.16 Å². The molecule has 0 aromatic heterocycles. The van der Waals surface area contributed by atoms with Crippen LogP contribution in [0.2, 0.25) is 18.1 Å². The molecule has 2 fully saturated rings. The van der Waals surface area contributed by atoms with Crippen molar-refractivity contribution in [1.29, 1.82) is 0 Å². The van der Waals surface area contributed by atoms with Gasteiger partial charge in [-0.2, -0.15) is 0 Å². The fourth-order valence-electron chi connectivity index (χ4n) is 4.63. The third-order valence-electron chi connectivity index (χ3n) is 8.60. The second-order valence-corrected chi connectivity index (χ2v) is 21.9. The Labute approximate surface area is 240 Å². The maximum absolute atomic E-state index is 6.93. The van der Waals surface area contributed by atoms with Crippen molar-refractivity contribution in [2.24, 2.45) is 0 Å². The Morgan fingerprint density at radius 3 is 2.00 bits per heavy atom. The summed E-state index contributed by atoms with van der Waals surface area (Å²) in [5.74, 6) is 3.91. The van der Waals surface area contributed by atoms with E-state index in [1.165, 1.54) is 46.8 Å². The summed E-state index contributed by atoms with van der Waals surface area (Å²) in [6.45, 7) is 25.5. The van der Waals surface area contributed by atoms with E-state index in [1.54, 1.807) is 0 Å². The number of rotatable bonds is 15. The van der Waals surface area contributed by atoms with Crippen LogP contribution in [0.5, 0.6) is 0 Å². The van der Waals surface area contributed by atoms with Gasteiger partial charge in [-0.25, -0.2) is 0 Å². The summed E-state index contributed by atoms with van der Waals surface area (Å²) >= 11 is 4.31. The van der Waals surface area contributed by atoms with Crippen molar-refractivity contribution in [3.8, 4) is 0 Å². The first-order valence-corrected chi connectivity index (χ1v) is 19.6. The van der Waals surface area contributed by atoms with Crippen LogP contribution >= 0.6 is 23.5 Å². The van der Waals surface area contributed by atoms with Crippen LogP contribution < -0.4 is 0 Å². The Balaban J connectivity index is 1.88. The average molecular weight is 567 g/mol. The SMILES string of the molecule is C/C(CCCC1(C)SCCS1)=C(\CC/C=C(\C)CC/C=C(\C)CC[C@@H]1OC1(C)C)O[Si](C)(C)C(C)(C)C. The lowest BCUT2D eigenvalue weighted by Gasteiger charge is -2.38. The fourth-order valence-corrected chi connectivity index (χ4v) is 8.77. The molecule has 0 aromatic rings. The molecule has 0 unspecified atom stereocenters. The summed E-state index contributed by atoms with van der Waals surface area (Å²) in [6.07, 6.45) is 15.8. The maximum atomic E-state index is 6.93. The Morgan fingerprint density at radius 2 is 1.46 bits per heavy atom. The highest BCUT2D eigenvalue weighted by Crippen LogP contribution is 2.47. The molecule has 2 rings (SSSR count). The molecule has 5 heteroatoms. The Kier molecular flexibility index (Phi) is 12.5. The van der Waals surface area contributed by atoms with Crippen molar-refractivity contribution in [2.75, 3.05) is 11.5 Å². The lowest BCUT2D eigenvalue weighted by molar-refractivity contribution is 0.320. The summed E-state index contributed by atoms with van der Waals surface area (Å²) in [4.78, 5) is 0. The van der Waals surface area contributed by atoms with Crippen molar-refractivity contribution in [2.45, 2.75) is 154 Å². The zero-order valence-corrected chi connectivity index (χ0v) is 28.8. The smallest absolute Gasteiger partial charge is 0.250 e. The van der Waals surface area contributed by atoms with Crippen molar-refractivity contribution in [3.05, 3.63) is 34.6 Å². The molecule has 2 saturated heterocycles. The molecule has 0 saturated carbocycles. The van der Waals surface area contributed by atoms with Gasteiger partial charge in [0.15, 0.2) is 0 Å². The number of hydrogen-bond donors (Lipinski definition) is 0. The third-order valence-corrected chi connectivity index (χ3v) is 16.4. The van der Waals surface area contributed by atoms with Gasteiger partial charge in [0, 0.05) is 17.9 Å². The average Bonchev–Trinajstić information content (AvgIpc) is 3.16. The Morgan fingerprint density at radius 1 is 0.919 bits per heavy atom. The first-order valence-electron chi connectivity index (χ1n) is 14.7. The molecule has 0 spiro atoms. The molecule has 0 N–H and O–H groups in total.